The molecule has 0 spiro atoms. The normalized spacial score (nSPS) is 24.8. The summed E-state index contributed by atoms with van der Waals surface area (Å²) in [5.41, 5.74) is -0.0282. The molecule has 170 valence electrons. The highest BCUT2D eigenvalue weighted by molar-refractivity contribution is 5.69. The first-order valence-electron chi connectivity index (χ1n) is 11.4. The van der Waals surface area contributed by atoms with Crippen LogP contribution in [0.2, 0.25) is 0 Å². The molecule has 0 aromatic rings. The molecule has 0 aromatic heterocycles. The minimum atomic E-state index is -0.763. The van der Waals surface area contributed by atoms with E-state index >= 15 is 0 Å². The standard InChI is InChI=1S/C22H44N4O3/c1-18(2)24-8-7-9-26(13-12-24)22(5,6)17-29-20-14-23(16-21(27)28)10-11-25(15-20)19(3)4/h18-20H,7-17H2,1-6H3,(H,27,28). The maximum atomic E-state index is 11.2. The van der Waals surface area contributed by atoms with E-state index in [2.05, 4.69) is 56.2 Å². The van der Waals surface area contributed by atoms with E-state index in [0.29, 0.717) is 25.2 Å². The lowest BCUT2D eigenvalue weighted by molar-refractivity contribution is -0.138. The van der Waals surface area contributed by atoms with E-state index in [1.807, 2.05) is 4.90 Å². The van der Waals surface area contributed by atoms with Gasteiger partial charge < -0.3 is 9.84 Å². The van der Waals surface area contributed by atoms with Crippen molar-refractivity contribution < 1.29 is 14.6 Å². The lowest BCUT2D eigenvalue weighted by Gasteiger charge is -2.39. The second kappa shape index (κ2) is 11.0. The Morgan fingerprint density at radius 2 is 1.62 bits per heavy atom. The van der Waals surface area contributed by atoms with Crippen LogP contribution in [0.3, 0.4) is 0 Å². The molecule has 0 amide bonds. The molecule has 2 saturated heterocycles. The number of hydrogen-bond acceptors (Lipinski definition) is 6. The summed E-state index contributed by atoms with van der Waals surface area (Å²) in [7, 11) is 0. The van der Waals surface area contributed by atoms with Crippen molar-refractivity contribution in [3.05, 3.63) is 0 Å². The molecule has 29 heavy (non-hydrogen) atoms. The Hall–Kier alpha value is -0.730. The highest BCUT2D eigenvalue weighted by Crippen LogP contribution is 2.20. The number of ether oxygens (including phenoxy) is 1. The molecule has 7 heteroatoms. The zero-order valence-electron chi connectivity index (χ0n) is 19.6. The lowest BCUT2D eigenvalue weighted by atomic mass is 10.0. The molecule has 2 aliphatic rings. The van der Waals surface area contributed by atoms with E-state index in [0.717, 1.165) is 39.3 Å². The van der Waals surface area contributed by atoms with Crippen LogP contribution in [0.25, 0.3) is 0 Å². The number of nitrogens with zero attached hydrogens (tertiary/aromatic N) is 4. The molecule has 1 N–H and O–H groups in total. The smallest absolute Gasteiger partial charge is 0.317 e. The highest BCUT2D eigenvalue weighted by Gasteiger charge is 2.32. The van der Waals surface area contributed by atoms with Crippen molar-refractivity contribution >= 4 is 5.97 Å². The van der Waals surface area contributed by atoms with Crippen LogP contribution in [-0.2, 0) is 9.53 Å². The summed E-state index contributed by atoms with van der Waals surface area (Å²) in [6, 6.07) is 1.04. The van der Waals surface area contributed by atoms with Gasteiger partial charge in [-0.05, 0) is 54.5 Å². The topological polar surface area (TPSA) is 59.5 Å². The van der Waals surface area contributed by atoms with Crippen LogP contribution in [0.4, 0.5) is 0 Å². The Balaban J connectivity index is 1.95. The summed E-state index contributed by atoms with van der Waals surface area (Å²) in [6.45, 7) is 22.0. The molecule has 2 fully saturated rings. The van der Waals surface area contributed by atoms with Gasteiger partial charge in [0.25, 0.3) is 0 Å². The van der Waals surface area contributed by atoms with Gasteiger partial charge in [-0.1, -0.05) is 0 Å². The summed E-state index contributed by atoms with van der Waals surface area (Å²) in [4.78, 5) is 20.8. The summed E-state index contributed by atoms with van der Waals surface area (Å²) >= 11 is 0. The Bertz CT molecular complexity index is 512. The molecule has 0 aromatic carbocycles. The number of carboxylic acid groups (broad SMARTS) is 1. The SMILES string of the molecule is CC(C)N1CCCN(C(C)(C)COC2CN(CC(=O)O)CCN(C(C)C)C2)CC1. The molecular formula is C22H44N4O3. The number of hydrogen-bond donors (Lipinski definition) is 1. The summed E-state index contributed by atoms with van der Waals surface area (Å²) in [5.74, 6) is -0.763. The number of carboxylic acids is 1. The van der Waals surface area contributed by atoms with Crippen molar-refractivity contribution in [2.24, 2.45) is 0 Å². The first kappa shape index (κ1) is 24.5. The Morgan fingerprint density at radius 1 is 0.966 bits per heavy atom. The number of aliphatic carboxylic acids is 1. The van der Waals surface area contributed by atoms with Gasteiger partial charge in [-0.15, -0.1) is 0 Å². The molecule has 0 aliphatic carbocycles. The fraction of sp³-hybridized carbons (Fsp3) is 0.955. The zero-order valence-corrected chi connectivity index (χ0v) is 19.6. The zero-order chi connectivity index (χ0) is 21.6. The third-order valence-corrected chi connectivity index (χ3v) is 6.48. The third-order valence-electron chi connectivity index (χ3n) is 6.48. The van der Waals surface area contributed by atoms with Gasteiger partial charge in [0, 0.05) is 63.4 Å². The van der Waals surface area contributed by atoms with Crippen molar-refractivity contribution in [2.45, 2.75) is 71.7 Å². The third kappa shape index (κ3) is 7.79. The molecule has 1 unspecified atom stereocenters. The van der Waals surface area contributed by atoms with Crippen molar-refractivity contribution in [1.82, 2.24) is 19.6 Å². The van der Waals surface area contributed by atoms with Gasteiger partial charge >= 0.3 is 5.97 Å². The summed E-state index contributed by atoms with van der Waals surface area (Å²) < 4.78 is 6.46. The first-order valence-corrected chi connectivity index (χ1v) is 11.4. The van der Waals surface area contributed by atoms with Gasteiger partial charge in [-0.25, -0.2) is 0 Å². The van der Waals surface area contributed by atoms with Crippen LogP contribution in [0.5, 0.6) is 0 Å². The molecule has 2 aliphatic heterocycles. The second-order valence-corrected chi connectivity index (χ2v) is 9.93. The lowest BCUT2D eigenvalue weighted by Crippen LogP contribution is -2.51. The summed E-state index contributed by atoms with van der Waals surface area (Å²) in [5, 5.41) is 9.23. The van der Waals surface area contributed by atoms with Gasteiger partial charge in [-0.2, -0.15) is 0 Å². The second-order valence-electron chi connectivity index (χ2n) is 9.93. The van der Waals surface area contributed by atoms with E-state index in [1.165, 1.54) is 13.0 Å². The molecule has 7 nitrogen and oxygen atoms in total. The van der Waals surface area contributed by atoms with E-state index in [4.69, 9.17) is 4.74 Å². The van der Waals surface area contributed by atoms with Crippen LogP contribution >= 0.6 is 0 Å². The molecule has 0 bridgehead atoms. The minimum absolute atomic E-state index is 0.0282. The first-order chi connectivity index (χ1) is 13.6. The van der Waals surface area contributed by atoms with Crippen LogP contribution in [0, 0.1) is 0 Å². The predicted octanol–water partition coefficient (Wildman–Crippen LogP) is 1.68. The molecule has 1 atom stereocenters. The summed E-state index contributed by atoms with van der Waals surface area (Å²) in [6.07, 6.45) is 1.23. The van der Waals surface area contributed by atoms with Gasteiger partial charge in [0.05, 0.1) is 19.3 Å². The Labute approximate surface area is 178 Å². The maximum Gasteiger partial charge on any atom is 0.317 e. The van der Waals surface area contributed by atoms with Gasteiger partial charge in [-0.3, -0.25) is 24.4 Å². The Morgan fingerprint density at radius 3 is 2.24 bits per heavy atom. The Kier molecular flexibility index (Phi) is 9.35. The monoisotopic (exact) mass is 412 g/mol. The highest BCUT2D eigenvalue weighted by atomic mass is 16.5. The van der Waals surface area contributed by atoms with Gasteiger partial charge in [0.15, 0.2) is 0 Å². The average molecular weight is 413 g/mol. The quantitative estimate of drug-likeness (QED) is 0.651. The van der Waals surface area contributed by atoms with E-state index in [1.54, 1.807) is 0 Å². The molecule has 0 saturated carbocycles. The predicted molar refractivity (Wildman–Crippen MR) is 118 cm³/mol. The van der Waals surface area contributed by atoms with Crippen LogP contribution in [0.15, 0.2) is 0 Å². The molecule has 2 heterocycles. The largest absolute Gasteiger partial charge is 0.480 e. The number of carbonyl (C=O) groups is 1. The van der Waals surface area contributed by atoms with Crippen molar-refractivity contribution in [3.8, 4) is 0 Å². The van der Waals surface area contributed by atoms with Crippen molar-refractivity contribution in [1.29, 1.82) is 0 Å². The number of rotatable bonds is 8. The van der Waals surface area contributed by atoms with Crippen LogP contribution in [0.1, 0.15) is 48.0 Å². The van der Waals surface area contributed by atoms with Crippen LogP contribution < -0.4 is 0 Å². The fourth-order valence-electron chi connectivity index (χ4n) is 4.44. The molecule has 0 radical (unpaired) electrons. The fourth-order valence-corrected chi connectivity index (χ4v) is 4.44. The van der Waals surface area contributed by atoms with Gasteiger partial charge in [0.2, 0.25) is 0 Å². The van der Waals surface area contributed by atoms with E-state index in [-0.39, 0.29) is 18.2 Å². The molecule has 2 rings (SSSR count). The maximum absolute atomic E-state index is 11.2. The van der Waals surface area contributed by atoms with Crippen molar-refractivity contribution in [2.75, 3.05) is 65.5 Å². The van der Waals surface area contributed by atoms with Crippen molar-refractivity contribution in [3.63, 3.8) is 0 Å². The van der Waals surface area contributed by atoms with E-state index < -0.39 is 5.97 Å². The average Bonchev–Trinajstić information content (AvgIpc) is 2.99. The molecular weight excluding hydrogens is 368 g/mol. The van der Waals surface area contributed by atoms with Crippen LogP contribution in [-0.4, -0.2) is 120 Å². The van der Waals surface area contributed by atoms with Gasteiger partial charge in [0.1, 0.15) is 0 Å². The van der Waals surface area contributed by atoms with E-state index in [9.17, 15) is 9.90 Å². The minimum Gasteiger partial charge on any atom is -0.480 e.